The molecule has 2 aliphatic heterocycles. The molecular weight excluding hydrogens is 364 g/mol. The molecule has 2 fully saturated rings. The van der Waals surface area contributed by atoms with Crippen molar-refractivity contribution in [1.82, 2.24) is 20.0 Å². The third-order valence-electron chi connectivity index (χ3n) is 5.86. The summed E-state index contributed by atoms with van der Waals surface area (Å²) in [6.07, 6.45) is 0.473. The first-order valence-corrected chi connectivity index (χ1v) is 10.4. The molecule has 0 radical (unpaired) electrons. The molecule has 154 valence electrons. The average molecular weight is 395 g/mol. The van der Waals surface area contributed by atoms with Crippen molar-refractivity contribution < 1.29 is 4.79 Å². The first kappa shape index (κ1) is 19.6. The fourth-order valence-corrected chi connectivity index (χ4v) is 3.98. The lowest BCUT2D eigenvalue weighted by Crippen LogP contribution is -2.49. The SMILES string of the molecule is Cc1cccc(CC(=O)N2CCN(c3ccc(N4CCN(C)CC4)nn3)CC2)c1. The highest BCUT2D eigenvalue weighted by Gasteiger charge is 2.23. The van der Waals surface area contributed by atoms with Gasteiger partial charge in [-0.05, 0) is 31.7 Å². The van der Waals surface area contributed by atoms with E-state index in [0.29, 0.717) is 6.42 Å². The molecule has 2 saturated heterocycles. The van der Waals surface area contributed by atoms with E-state index < -0.39 is 0 Å². The number of aryl methyl sites for hydroxylation is 1. The van der Waals surface area contributed by atoms with E-state index in [9.17, 15) is 4.79 Å². The Kier molecular flexibility index (Phi) is 5.94. The lowest BCUT2D eigenvalue weighted by Gasteiger charge is -2.36. The minimum absolute atomic E-state index is 0.201. The van der Waals surface area contributed by atoms with Crippen LogP contribution in [0.2, 0.25) is 0 Å². The van der Waals surface area contributed by atoms with Crippen LogP contribution in [0.5, 0.6) is 0 Å². The number of nitrogens with zero attached hydrogens (tertiary/aromatic N) is 6. The molecule has 0 unspecified atom stereocenters. The highest BCUT2D eigenvalue weighted by atomic mass is 16.2. The smallest absolute Gasteiger partial charge is 0.227 e. The van der Waals surface area contributed by atoms with E-state index in [1.807, 2.05) is 17.0 Å². The summed E-state index contributed by atoms with van der Waals surface area (Å²) >= 11 is 0. The summed E-state index contributed by atoms with van der Waals surface area (Å²) in [6, 6.07) is 12.3. The fourth-order valence-electron chi connectivity index (χ4n) is 3.98. The van der Waals surface area contributed by atoms with Gasteiger partial charge in [0.25, 0.3) is 0 Å². The van der Waals surface area contributed by atoms with Crippen LogP contribution < -0.4 is 9.80 Å². The van der Waals surface area contributed by atoms with E-state index in [1.165, 1.54) is 5.56 Å². The normalized spacial score (nSPS) is 18.2. The minimum Gasteiger partial charge on any atom is -0.353 e. The van der Waals surface area contributed by atoms with E-state index in [-0.39, 0.29) is 5.91 Å². The van der Waals surface area contributed by atoms with Crippen LogP contribution in [0.4, 0.5) is 11.6 Å². The Bertz CT molecular complexity index is 823. The van der Waals surface area contributed by atoms with Gasteiger partial charge in [-0.3, -0.25) is 4.79 Å². The number of piperazine rings is 2. The van der Waals surface area contributed by atoms with Gasteiger partial charge in [0, 0.05) is 52.4 Å². The van der Waals surface area contributed by atoms with Crippen LogP contribution in [-0.4, -0.2) is 85.3 Å². The molecule has 3 heterocycles. The molecule has 2 aliphatic rings. The zero-order valence-corrected chi connectivity index (χ0v) is 17.4. The number of aromatic nitrogens is 2. The quantitative estimate of drug-likeness (QED) is 0.782. The Morgan fingerprint density at radius 1 is 0.862 bits per heavy atom. The molecule has 0 atom stereocenters. The molecule has 0 saturated carbocycles. The largest absolute Gasteiger partial charge is 0.353 e. The Labute approximate surface area is 172 Å². The van der Waals surface area contributed by atoms with E-state index in [1.54, 1.807) is 0 Å². The van der Waals surface area contributed by atoms with Crippen molar-refractivity contribution in [1.29, 1.82) is 0 Å². The standard InChI is InChI=1S/C22H30N6O/c1-18-4-3-5-19(16-18)17-22(29)28-14-12-27(13-15-28)21-7-6-20(23-24-21)26-10-8-25(2)9-11-26/h3-7,16H,8-15,17H2,1-2H3. The molecule has 1 amide bonds. The van der Waals surface area contributed by atoms with Crippen LogP contribution >= 0.6 is 0 Å². The average Bonchev–Trinajstić information content (AvgIpc) is 2.75. The number of likely N-dealkylation sites (N-methyl/N-ethyl adjacent to an activating group) is 1. The van der Waals surface area contributed by atoms with Crippen molar-refractivity contribution in [3.8, 4) is 0 Å². The van der Waals surface area contributed by atoms with Crippen molar-refractivity contribution in [2.75, 3.05) is 69.2 Å². The maximum Gasteiger partial charge on any atom is 0.227 e. The number of anilines is 2. The zero-order valence-electron chi connectivity index (χ0n) is 17.4. The number of carbonyl (C=O) groups is 1. The molecule has 0 N–H and O–H groups in total. The first-order chi connectivity index (χ1) is 14.1. The van der Waals surface area contributed by atoms with Crippen molar-refractivity contribution in [3.63, 3.8) is 0 Å². The minimum atomic E-state index is 0.201. The number of hydrogen-bond acceptors (Lipinski definition) is 6. The second-order valence-corrected chi connectivity index (χ2v) is 8.07. The van der Waals surface area contributed by atoms with Crippen molar-refractivity contribution in [3.05, 3.63) is 47.5 Å². The summed E-state index contributed by atoms with van der Waals surface area (Å²) in [4.78, 5) is 21.4. The van der Waals surface area contributed by atoms with Crippen LogP contribution in [0, 0.1) is 6.92 Å². The summed E-state index contributed by atoms with van der Waals surface area (Å²) < 4.78 is 0. The molecule has 7 nitrogen and oxygen atoms in total. The Morgan fingerprint density at radius 3 is 2.00 bits per heavy atom. The summed E-state index contributed by atoms with van der Waals surface area (Å²) in [5.74, 6) is 2.05. The Morgan fingerprint density at radius 2 is 1.45 bits per heavy atom. The Hall–Kier alpha value is -2.67. The molecule has 2 aromatic rings. The van der Waals surface area contributed by atoms with Crippen LogP contribution in [-0.2, 0) is 11.2 Å². The van der Waals surface area contributed by atoms with Crippen LogP contribution in [0.3, 0.4) is 0 Å². The number of rotatable bonds is 4. The van der Waals surface area contributed by atoms with Gasteiger partial charge in [0.05, 0.1) is 6.42 Å². The zero-order chi connectivity index (χ0) is 20.2. The number of hydrogen-bond donors (Lipinski definition) is 0. The van der Waals surface area contributed by atoms with E-state index in [4.69, 9.17) is 0 Å². The summed E-state index contributed by atoms with van der Waals surface area (Å²) in [5.41, 5.74) is 2.28. The van der Waals surface area contributed by atoms with Gasteiger partial charge in [0.1, 0.15) is 0 Å². The molecule has 0 spiro atoms. The molecule has 1 aromatic heterocycles. The molecule has 4 rings (SSSR count). The Balaban J connectivity index is 1.29. The van der Waals surface area contributed by atoms with Gasteiger partial charge >= 0.3 is 0 Å². The highest BCUT2D eigenvalue weighted by Crippen LogP contribution is 2.18. The summed E-state index contributed by atoms with van der Waals surface area (Å²) in [7, 11) is 2.15. The van der Waals surface area contributed by atoms with Gasteiger partial charge < -0.3 is 19.6 Å². The van der Waals surface area contributed by atoms with E-state index in [2.05, 4.69) is 63.1 Å². The fraction of sp³-hybridized carbons (Fsp3) is 0.500. The maximum atomic E-state index is 12.6. The predicted molar refractivity (Wildman–Crippen MR) is 115 cm³/mol. The molecule has 1 aromatic carbocycles. The molecule has 7 heteroatoms. The van der Waals surface area contributed by atoms with Crippen molar-refractivity contribution in [2.24, 2.45) is 0 Å². The number of benzene rings is 1. The third-order valence-corrected chi connectivity index (χ3v) is 5.86. The second kappa shape index (κ2) is 8.78. The summed E-state index contributed by atoms with van der Waals surface area (Å²) in [6.45, 7) is 9.20. The molecule has 29 heavy (non-hydrogen) atoms. The lowest BCUT2D eigenvalue weighted by atomic mass is 10.1. The second-order valence-electron chi connectivity index (χ2n) is 8.07. The van der Waals surface area contributed by atoms with Crippen LogP contribution in [0.25, 0.3) is 0 Å². The van der Waals surface area contributed by atoms with Gasteiger partial charge in [-0.25, -0.2) is 0 Å². The maximum absolute atomic E-state index is 12.6. The van der Waals surface area contributed by atoms with Gasteiger partial charge in [-0.15, -0.1) is 10.2 Å². The molecule has 0 bridgehead atoms. The topological polar surface area (TPSA) is 55.8 Å². The third kappa shape index (κ3) is 4.85. The molecular formula is C22H30N6O. The first-order valence-electron chi connectivity index (χ1n) is 10.4. The number of carbonyl (C=O) groups excluding carboxylic acids is 1. The molecule has 0 aliphatic carbocycles. The van der Waals surface area contributed by atoms with Crippen molar-refractivity contribution in [2.45, 2.75) is 13.3 Å². The highest BCUT2D eigenvalue weighted by molar-refractivity contribution is 5.79. The van der Waals surface area contributed by atoms with Gasteiger partial charge in [-0.1, -0.05) is 29.8 Å². The van der Waals surface area contributed by atoms with Crippen LogP contribution in [0.15, 0.2) is 36.4 Å². The van der Waals surface area contributed by atoms with Crippen molar-refractivity contribution >= 4 is 17.5 Å². The predicted octanol–water partition coefficient (Wildman–Crippen LogP) is 1.43. The lowest BCUT2D eigenvalue weighted by molar-refractivity contribution is -0.130. The van der Waals surface area contributed by atoms with E-state index in [0.717, 1.165) is 69.6 Å². The summed E-state index contributed by atoms with van der Waals surface area (Å²) in [5, 5.41) is 8.92. The number of amides is 1. The van der Waals surface area contributed by atoms with E-state index >= 15 is 0 Å². The van der Waals surface area contributed by atoms with Gasteiger partial charge in [-0.2, -0.15) is 0 Å². The van der Waals surface area contributed by atoms with Crippen LogP contribution in [0.1, 0.15) is 11.1 Å². The van der Waals surface area contributed by atoms with Gasteiger partial charge in [0.15, 0.2) is 11.6 Å². The monoisotopic (exact) mass is 394 g/mol. The van der Waals surface area contributed by atoms with Gasteiger partial charge in [0.2, 0.25) is 5.91 Å².